The average molecular weight is 250 g/mol. The van der Waals surface area contributed by atoms with Crippen molar-refractivity contribution in [2.24, 2.45) is 5.73 Å². The van der Waals surface area contributed by atoms with Gasteiger partial charge in [0.05, 0.1) is 5.02 Å². The van der Waals surface area contributed by atoms with Crippen LogP contribution in [0.3, 0.4) is 0 Å². The molecule has 0 fully saturated rings. The molecule has 0 spiro atoms. The molecule has 88 valence electrons. The molecular weight excluding hydrogens is 237 g/mol. The van der Waals surface area contributed by atoms with Crippen molar-refractivity contribution in [3.8, 4) is 11.1 Å². The summed E-state index contributed by atoms with van der Waals surface area (Å²) in [5.41, 5.74) is 8.63. The first-order chi connectivity index (χ1) is 8.20. The van der Waals surface area contributed by atoms with Crippen molar-refractivity contribution >= 4 is 11.6 Å². The first kappa shape index (κ1) is 12.1. The fourth-order valence-electron chi connectivity index (χ4n) is 1.75. The number of benzene rings is 2. The maximum atomic E-state index is 13.1. The molecule has 0 radical (unpaired) electrons. The van der Waals surface area contributed by atoms with Crippen molar-refractivity contribution in [1.29, 1.82) is 0 Å². The van der Waals surface area contributed by atoms with Gasteiger partial charge in [-0.3, -0.25) is 0 Å². The molecule has 3 heteroatoms. The highest BCUT2D eigenvalue weighted by Gasteiger charge is 2.03. The lowest BCUT2D eigenvalue weighted by molar-refractivity contribution is 0.628. The third-order valence-corrected chi connectivity index (χ3v) is 2.90. The van der Waals surface area contributed by atoms with Gasteiger partial charge in [0.25, 0.3) is 0 Å². The summed E-state index contributed by atoms with van der Waals surface area (Å²) in [7, 11) is 0. The fraction of sp³-hybridized carbons (Fsp3) is 0.143. The number of nitrogens with two attached hydrogens (primary N) is 1. The van der Waals surface area contributed by atoms with Crippen LogP contribution in [0, 0.1) is 5.82 Å². The molecule has 0 aliphatic rings. The molecule has 2 aromatic rings. The van der Waals surface area contributed by atoms with Crippen molar-refractivity contribution in [2.45, 2.75) is 6.42 Å². The van der Waals surface area contributed by atoms with Gasteiger partial charge in [0.1, 0.15) is 5.82 Å². The Hall–Kier alpha value is -1.38. The second-order valence-electron chi connectivity index (χ2n) is 3.87. The molecule has 0 amide bonds. The van der Waals surface area contributed by atoms with Crippen LogP contribution in [0.25, 0.3) is 11.1 Å². The van der Waals surface area contributed by atoms with Crippen LogP contribution in [0.4, 0.5) is 4.39 Å². The van der Waals surface area contributed by atoms with Gasteiger partial charge in [0.2, 0.25) is 0 Å². The predicted octanol–water partition coefficient (Wildman–Crippen LogP) is 3.65. The van der Waals surface area contributed by atoms with E-state index in [1.54, 1.807) is 12.1 Å². The summed E-state index contributed by atoms with van der Waals surface area (Å²) in [6, 6.07) is 12.8. The predicted molar refractivity (Wildman–Crippen MR) is 69.6 cm³/mol. The third-order valence-electron chi connectivity index (χ3n) is 2.61. The third kappa shape index (κ3) is 2.84. The zero-order chi connectivity index (χ0) is 12.3. The molecule has 0 aromatic heterocycles. The molecule has 1 nitrogen and oxygen atoms in total. The van der Waals surface area contributed by atoms with Gasteiger partial charge < -0.3 is 5.73 Å². The Morgan fingerprint density at radius 3 is 2.53 bits per heavy atom. The topological polar surface area (TPSA) is 26.0 Å². The molecule has 2 rings (SSSR count). The molecule has 0 unspecified atom stereocenters. The van der Waals surface area contributed by atoms with Gasteiger partial charge in [-0.15, -0.1) is 0 Å². The van der Waals surface area contributed by atoms with E-state index in [0.29, 0.717) is 6.54 Å². The monoisotopic (exact) mass is 249 g/mol. The second kappa shape index (κ2) is 5.30. The van der Waals surface area contributed by atoms with Crippen LogP contribution in [0.1, 0.15) is 5.56 Å². The summed E-state index contributed by atoms with van der Waals surface area (Å²) in [6.45, 7) is 0.619. The van der Waals surface area contributed by atoms with E-state index in [9.17, 15) is 4.39 Å². The number of halogens is 2. The zero-order valence-electron chi connectivity index (χ0n) is 9.29. The molecule has 0 aliphatic carbocycles. The van der Waals surface area contributed by atoms with Crippen molar-refractivity contribution in [2.75, 3.05) is 6.54 Å². The molecule has 2 N–H and O–H groups in total. The smallest absolute Gasteiger partial charge is 0.141 e. The van der Waals surface area contributed by atoms with Gasteiger partial charge in [0, 0.05) is 0 Å². The highest BCUT2D eigenvalue weighted by Crippen LogP contribution is 2.25. The maximum Gasteiger partial charge on any atom is 0.141 e. The molecule has 0 heterocycles. The van der Waals surface area contributed by atoms with Crippen molar-refractivity contribution in [3.05, 3.63) is 58.9 Å². The quantitative estimate of drug-likeness (QED) is 0.883. The van der Waals surface area contributed by atoms with Crippen LogP contribution >= 0.6 is 11.6 Å². The lowest BCUT2D eigenvalue weighted by Crippen LogP contribution is -2.02. The summed E-state index contributed by atoms with van der Waals surface area (Å²) in [4.78, 5) is 0. The van der Waals surface area contributed by atoms with Crippen LogP contribution in [0.2, 0.25) is 5.02 Å². The largest absolute Gasteiger partial charge is 0.330 e. The van der Waals surface area contributed by atoms with Gasteiger partial charge in [-0.05, 0) is 41.8 Å². The zero-order valence-corrected chi connectivity index (χ0v) is 10.0. The first-order valence-corrected chi connectivity index (χ1v) is 5.83. The van der Waals surface area contributed by atoms with Gasteiger partial charge in [-0.25, -0.2) is 4.39 Å². The minimum absolute atomic E-state index is 0.145. The number of hydrogen-bond acceptors (Lipinski definition) is 1. The Bertz CT molecular complexity index is 525. The Kier molecular flexibility index (Phi) is 3.77. The standard InChI is InChI=1S/C14H13ClFN/c15-13-9-12(4-5-14(13)16)11-3-1-2-10(8-11)6-7-17/h1-5,8-9H,6-7,17H2. The van der Waals surface area contributed by atoms with E-state index in [4.69, 9.17) is 17.3 Å². The van der Waals surface area contributed by atoms with Crippen LogP contribution in [-0.4, -0.2) is 6.54 Å². The fourth-order valence-corrected chi connectivity index (χ4v) is 1.93. The second-order valence-corrected chi connectivity index (χ2v) is 4.28. The van der Waals surface area contributed by atoms with Crippen molar-refractivity contribution < 1.29 is 4.39 Å². The summed E-state index contributed by atoms with van der Waals surface area (Å²) in [5, 5.41) is 0.145. The van der Waals surface area contributed by atoms with E-state index in [-0.39, 0.29) is 5.02 Å². The van der Waals surface area contributed by atoms with Gasteiger partial charge in [0.15, 0.2) is 0 Å². The van der Waals surface area contributed by atoms with Crippen LogP contribution in [0.5, 0.6) is 0 Å². The molecule has 0 saturated carbocycles. The Morgan fingerprint density at radius 2 is 1.82 bits per heavy atom. The van der Waals surface area contributed by atoms with Crippen LogP contribution < -0.4 is 5.73 Å². The van der Waals surface area contributed by atoms with Gasteiger partial charge in [-0.1, -0.05) is 41.9 Å². The van der Waals surface area contributed by atoms with E-state index in [2.05, 4.69) is 6.07 Å². The highest BCUT2D eigenvalue weighted by molar-refractivity contribution is 6.31. The summed E-state index contributed by atoms with van der Waals surface area (Å²) in [5.74, 6) is -0.395. The molecule has 17 heavy (non-hydrogen) atoms. The average Bonchev–Trinajstić information content (AvgIpc) is 2.33. The van der Waals surface area contributed by atoms with Crippen molar-refractivity contribution in [3.63, 3.8) is 0 Å². The Morgan fingerprint density at radius 1 is 1.06 bits per heavy atom. The maximum absolute atomic E-state index is 13.1. The highest BCUT2D eigenvalue weighted by atomic mass is 35.5. The summed E-state index contributed by atoms with van der Waals surface area (Å²) >= 11 is 5.77. The Balaban J connectivity index is 2.38. The van der Waals surface area contributed by atoms with E-state index in [0.717, 1.165) is 17.5 Å². The number of rotatable bonds is 3. The molecule has 0 saturated heterocycles. The first-order valence-electron chi connectivity index (χ1n) is 5.45. The minimum atomic E-state index is -0.395. The number of hydrogen-bond donors (Lipinski definition) is 1. The molecule has 0 bridgehead atoms. The SMILES string of the molecule is NCCc1cccc(-c2ccc(F)c(Cl)c2)c1. The van der Waals surface area contributed by atoms with Crippen molar-refractivity contribution in [1.82, 2.24) is 0 Å². The Labute approximate surface area is 105 Å². The molecular formula is C14H13ClFN. The summed E-state index contributed by atoms with van der Waals surface area (Å²) < 4.78 is 13.1. The molecule has 2 aromatic carbocycles. The lowest BCUT2D eigenvalue weighted by Gasteiger charge is -2.05. The van der Waals surface area contributed by atoms with E-state index >= 15 is 0 Å². The van der Waals surface area contributed by atoms with Gasteiger partial charge >= 0.3 is 0 Å². The van der Waals surface area contributed by atoms with Crippen LogP contribution in [-0.2, 0) is 6.42 Å². The van der Waals surface area contributed by atoms with Gasteiger partial charge in [-0.2, -0.15) is 0 Å². The molecule has 0 aliphatic heterocycles. The normalized spacial score (nSPS) is 10.5. The van der Waals surface area contributed by atoms with Crippen LogP contribution in [0.15, 0.2) is 42.5 Å². The minimum Gasteiger partial charge on any atom is -0.330 e. The van der Waals surface area contributed by atoms with E-state index in [1.807, 2.05) is 18.2 Å². The summed E-state index contributed by atoms with van der Waals surface area (Å²) in [6.07, 6.45) is 0.836. The van der Waals surface area contributed by atoms with E-state index < -0.39 is 5.82 Å². The molecule has 0 atom stereocenters. The lowest BCUT2D eigenvalue weighted by atomic mass is 10.0. The van der Waals surface area contributed by atoms with E-state index in [1.165, 1.54) is 11.6 Å².